The molecular weight excluding hydrogens is 330 g/mol. The first-order chi connectivity index (χ1) is 12.6. The Bertz CT molecular complexity index is 544. The fourth-order valence-electron chi connectivity index (χ4n) is 2.64. The van der Waals surface area contributed by atoms with Crippen LogP contribution >= 0.6 is 0 Å². The van der Waals surface area contributed by atoms with Gasteiger partial charge in [-0.05, 0) is 37.5 Å². The topological polar surface area (TPSA) is 63.2 Å². The third-order valence-corrected chi connectivity index (χ3v) is 4.05. The minimum Gasteiger partial charge on any atom is -0.494 e. The summed E-state index contributed by atoms with van der Waals surface area (Å²) >= 11 is 0. The van der Waals surface area contributed by atoms with Gasteiger partial charge in [0.05, 0.1) is 13.7 Å². The molecule has 0 fully saturated rings. The molecule has 0 unspecified atom stereocenters. The monoisotopic (exact) mass is 363 g/mol. The summed E-state index contributed by atoms with van der Waals surface area (Å²) in [5.74, 6) is 1.65. The van der Waals surface area contributed by atoms with Gasteiger partial charge in [-0.15, -0.1) is 0 Å². The number of unbranched alkanes of at least 4 members (excludes halogenated alkanes) is 3. The van der Waals surface area contributed by atoms with Crippen LogP contribution in [0.3, 0.4) is 0 Å². The number of aliphatic imine (C=N–C) groups is 1. The van der Waals surface area contributed by atoms with E-state index >= 15 is 0 Å². The van der Waals surface area contributed by atoms with E-state index in [1.807, 2.05) is 26.1 Å². The average molecular weight is 364 g/mol. The number of nitrogens with zero attached hydrogens (tertiary/aromatic N) is 2. The molecule has 0 spiro atoms. The van der Waals surface area contributed by atoms with E-state index in [1.54, 1.807) is 7.05 Å². The highest BCUT2D eigenvalue weighted by Gasteiger charge is 2.06. The molecule has 0 aliphatic heterocycles. The molecule has 146 valence electrons. The molecule has 1 aromatic rings. The number of benzene rings is 1. The van der Waals surface area contributed by atoms with Crippen molar-refractivity contribution in [1.82, 2.24) is 10.2 Å². The molecule has 0 aliphatic rings. The Morgan fingerprint density at radius 2 is 1.85 bits per heavy atom. The lowest BCUT2D eigenvalue weighted by atomic mass is 10.1. The number of carbonyl (C=O) groups excluding carboxylic acids is 1. The number of hydrogen-bond donors (Lipinski definition) is 1. The quantitative estimate of drug-likeness (QED) is 0.283. The van der Waals surface area contributed by atoms with Crippen LogP contribution in [-0.4, -0.2) is 51.2 Å². The van der Waals surface area contributed by atoms with Crippen LogP contribution in [0, 0.1) is 0 Å². The highest BCUT2D eigenvalue weighted by molar-refractivity contribution is 5.79. The van der Waals surface area contributed by atoms with Crippen molar-refractivity contribution in [2.24, 2.45) is 4.99 Å². The Balaban J connectivity index is 2.26. The molecule has 0 atom stereocenters. The first-order valence-corrected chi connectivity index (χ1v) is 9.31. The fourth-order valence-corrected chi connectivity index (χ4v) is 2.64. The van der Waals surface area contributed by atoms with Crippen LogP contribution in [0.1, 0.15) is 44.6 Å². The predicted molar refractivity (Wildman–Crippen MR) is 106 cm³/mol. The zero-order valence-corrected chi connectivity index (χ0v) is 16.6. The van der Waals surface area contributed by atoms with Crippen molar-refractivity contribution in [1.29, 1.82) is 0 Å². The van der Waals surface area contributed by atoms with Crippen LogP contribution in [-0.2, 0) is 16.1 Å². The second-order valence-electron chi connectivity index (χ2n) is 6.15. The van der Waals surface area contributed by atoms with E-state index in [-0.39, 0.29) is 5.97 Å². The van der Waals surface area contributed by atoms with E-state index in [0.29, 0.717) is 13.0 Å². The number of esters is 1. The summed E-state index contributed by atoms with van der Waals surface area (Å²) < 4.78 is 10.1. The Kier molecular flexibility index (Phi) is 10.9. The lowest BCUT2D eigenvalue weighted by Crippen LogP contribution is -2.38. The Morgan fingerprint density at radius 1 is 1.15 bits per heavy atom. The summed E-state index contributed by atoms with van der Waals surface area (Å²) in [4.78, 5) is 17.5. The molecule has 0 amide bonds. The third-order valence-electron chi connectivity index (χ3n) is 4.05. The molecule has 1 aromatic carbocycles. The summed E-state index contributed by atoms with van der Waals surface area (Å²) in [7, 11) is 5.26. The third kappa shape index (κ3) is 8.74. The average Bonchev–Trinajstić information content (AvgIpc) is 2.65. The van der Waals surface area contributed by atoms with Gasteiger partial charge in [0.25, 0.3) is 0 Å². The van der Waals surface area contributed by atoms with E-state index in [0.717, 1.165) is 50.5 Å². The maximum Gasteiger partial charge on any atom is 0.305 e. The molecule has 0 saturated heterocycles. The van der Waals surface area contributed by atoms with Crippen LogP contribution in [0.2, 0.25) is 0 Å². The number of rotatable bonds is 11. The van der Waals surface area contributed by atoms with Crippen LogP contribution in [0.25, 0.3) is 0 Å². The van der Waals surface area contributed by atoms with Crippen molar-refractivity contribution in [3.63, 3.8) is 0 Å². The van der Waals surface area contributed by atoms with E-state index in [2.05, 4.69) is 32.1 Å². The van der Waals surface area contributed by atoms with Crippen LogP contribution in [0.15, 0.2) is 29.3 Å². The number of methoxy groups -OCH3 is 1. The molecule has 1 N–H and O–H groups in total. The van der Waals surface area contributed by atoms with Crippen LogP contribution in [0.4, 0.5) is 0 Å². The van der Waals surface area contributed by atoms with Gasteiger partial charge in [-0.1, -0.05) is 25.0 Å². The standard InChI is InChI=1S/C20H33N3O3/c1-5-26-18-13-11-17(12-14-18)16-23(3)20(21-2)22-15-9-7-6-8-10-19(24)25-4/h11-14H,5-10,15-16H2,1-4H3,(H,21,22). The summed E-state index contributed by atoms with van der Waals surface area (Å²) in [5.41, 5.74) is 1.21. The molecule has 0 heterocycles. The van der Waals surface area contributed by atoms with Gasteiger partial charge in [0, 0.05) is 33.6 Å². The van der Waals surface area contributed by atoms with Crippen molar-refractivity contribution >= 4 is 11.9 Å². The summed E-state index contributed by atoms with van der Waals surface area (Å²) in [6.07, 6.45) is 4.58. The van der Waals surface area contributed by atoms with Gasteiger partial charge in [-0.3, -0.25) is 9.79 Å². The molecule has 1 rings (SSSR count). The summed E-state index contributed by atoms with van der Waals surface area (Å²) in [6.45, 7) is 4.32. The lowest BCUT2D eigenvalue weighted by molar-refractivity contribution is -0.140. The highest BCUT2D eigenvalue weighted by Crippen LogP contribution is 2.13. The maximum atomic E-state index is 11.0. The molecule has 0 aliphatic carbocycles. The summed E-state index contributed by atoms with van der Waals surface area (Å²) in [5, 5.41) is 3.39. The number of hydrogen-bond acceptors (Lipinski definition) is 4. The molecule has 6 heteroatoms. The molecule has 0 radical (unpaired) electrons. The second kappa shape index (κ2) is 13.0. The normalized spacial score (nSPS) is 11.2. The molecule has 6 nitrogen and oxygen atoms in total. The molecule has 26 heavy (non-hydrogen) atoms. The molecule has 0 aromatic heterocycles. The van der Waals surface area contributed by atoms with Crippen molar-refractivity contribution < 1.29 is 14.3 Å². The van der Waals surface area contributed by atoms with Crippen LogP contribution in [0.5, 0.6) is 5.75 Å². The number of ether oxygens (including phenoxy) is 2. The Morgan fingerprint density at radius 3 is 2.46 bits per heavy atom. The van der Waals surface area contributed by atoms with Gasteiger partial charge in [0.15, 0.2) is 5.96 Å². The van der Waals surface area contributed by atoms with E-state index < -0.39 is 0 Å². The molecule has 0 bridgehead atoms. The molecule has 0 saturated carbocycles. The van der Waals surface area contributed by atoms with Gasteiger partial charge in [0.1, 0.15) is 5.75 Å². The lowest BCUT2D eigenvalue weighted by Gasteiger charge is -2.22. The first-order valence-electron chi connectivity index (χ1n) is 9.31. The smallest absolute Gasteiger partial charge is 0.305 e. The van der Waals surface area contributed by atoms with Crippen molar-refractivity contribution in [2.75, 3.05) is 34.4 Å². The van der Waals surface area contributed by atoms with Gasteiger partial charge in [0.2, 0.25) is 0 Å². The first kappa shape index (κ1) is 21.8. The number of guanidine groups is 1. The van der Waals surface area contributed by atoms with E-state index in [1.165, 1.54) is 12.7 Å². The fraction of sp³-hybridized carbons (Fsp3) is 0.600. The van der Waals surface area contributed by atoms with E-state index in [4.69, 9.17) is 4.74 Å². The largest absolute Gasteiger partial charge is 0.494 e. The van der Waals surface area contributed by atoms with E-state index in [9.17, 15) is 4.79 Å². The SMILES string of the molecule is CCOc1ccc(CN(C)C(=NC)NCCCCCCC(=O)OC)cc1. The minimum absolute atomic E-state index is 0.126. The zero-order chi connectivity index (χ0) is 19.2. The minimum atomic E-state index is -0.126. The van der Waals surface area contributed by atoms with Crippen molar-refractivity contribution in [3.05, 3.63) is 29.8 Å². The van der Waals surface area contributed by atoms with Gasteiger partial charge >= 0.3 is 5.97 Å². The molecular formula is C20H33N3O3. The van der Waals surface area contributed by atoms with Crippen molar-refractivity contribution in [3.8, 4) is 5.75 Å². The predicted octanol–water partition coefficient (Wildman–Crippen LogP) is 3.22. The van der Waals surface area contributed by atoms with Crippen molar-refractivity contribution in [2.45, 2.75) is 45.6 Å². The zero-order valence-electron chi connectivity index (χ0n) is 16.6. The van der Waals surface area contributed by atoms with Gasteiger partial charge in [-0.2, -0.15) is 0 Å². The second-order valence-corrected chi connectivity index (χ2v) is 6.15. The van der Waals surface area contributed by atoms with Gasteiger partial charge < -0.3 is 19.7 Å². The Hall–Kier alpha value is -2.24. The van der Waals surface area contributed by atoms with Gasteiger partial charge in [-0.25, -0.2) is 0 Å². The van der Waals surface area contributed by atoms with Crippen LogP contribution < -0.4 is 10.1 Å². The number of carbonyl (C=O) groups is 1. The summed E-state index contributed by atoms with van der Waals surface area (Å²) in [6, 6.07) is 8.15. The number of nitrogens with one attached hydrogen (secondary N) is 1. The Labute approximate surface area is 157 Å². The maximum absolute atomic E-state index is 11.0. The highest BCUT2D eigenvalue weighted by atomic mass is 16.5.